The van der Waals surface area contributed by atoms with Crippen molar-refractivity contribution >= 4 is 17.8 Å². The molecule has 0 aromatic rings. The highest BCUT2D eigenvalue weighted by atomic mass is 16.5. The number of carboxylic acids is 1. The van der Waals surface area contributed by atoms with Crippen molar-refractivity contribution in [2.75, 3.05) is 19.7 Å². The van der Waals surface area contributed by atoms with Gasteiger partial charge >= 0.3 is 11.9 Å². The molecule has 1 saturated heterocycles. The zero-order valence-corrected chi connectivity index (χ0v) is 18.3. The van der Waals surface area contributed by atoms with Gasteiger partial charge in [0, 0.05) is 13.0 Å². The molecule has 1 aliphatic heterocycles. The van der Waals surface area contributed by atoms with Crippen LogP contribution in [0.15, 0.2) is 0 Å². The van der Waals surface area contributed by atoms with Gasteiger partial charge in [-0.05, 0) is 38.6 Å². The molecule has 0 aromatic heterocycles. The second-order valence-corrected chi connectivity index (χ2v) is 7.21. The molecular formula is C21H40N2O5. The molecule has 0 spiro atoms. The fraction of sp³-hybridized carbons (Fsp3) is 0.857. The largest absolute Gasteiger partial charge is 0.480 e. The van der Waals surface area contributed by atoms with Gasteiger partial charge in [-0.1, -0.05) is 46.5 Å². The van der Waals surface area contributed by atoms with Gasteiger partial charge in [-0.25, -0.2) is 4.79 Å². The van der Waals surface area contributed by atoms with Gasteiger partial charge < -0.3 is 20.1 Å². The van der Waals surface area contributed by atoms with Crippen LogP contribution in [0.3, 0.4) is 0 Å². The zero-order chi connectivity index (χ0) is 21.5. The van der Waals surface area contributed by atoms with Gasteiger partial charge in [-0.15, -0.1) is 0 Å². The van der Waals surface area contributed by atoms with Crippen LogP contribution in [0, 0.1) is 5.92 Å². The maximum Gasteiger partial charge on any atom is 0.326 e. The standard InChI is InChI=1S/C11H17NO3.C6H13NO2.C4H10/c1-7(13)12-9-5-3-2-4-8(9)6-10(12)11(14)15;1-3-7-5-6(8)9-4-2;1-3-4-2/h8-10H,2-6H2,1H3,(H,14,15);7H,3-5H2,1-2H3;3-4H2,1-2H3/t8-,9-,10-;;/m0../s1. The summed E-state index contributed by atoms with van der Waals surface area (Å²) >= 11 is 0. The van der Waals surface area contributed by atoms with Gasteiger partial charge in [0.15, 0.2) is 0 Å². The van der Waals surface area contributed by atoms with Crippen LogP contribution in [0.2, 0.25) is 0 Å². The lowest BCUT2D eigenvalue weighted by molar-refractivity contribution is -0.149. The van der Waals surface area contributed by atoms with E-state index in [2.05, 4.69) is 23.9 Å². The lowest BCUT2D eigenvalue weighted by atomic mass is 9.85. The number of aliphatic carboxylic acids is 1. The fourth-order valence-corrected chi connectivity index (χ4v) is 3.57. The number of likely N-dealkylation sites (tertiary alicyclic amines) is 1. The summed E-state index contributed by atoms with van der Waals surface area (Å²) in [4.78, 5) is 34.7. The Kier molecular flexibility index (Phi) is 14.4. The molecule has 2 rings (SSSR count). The molecule has 0 aromatic carbocycles. The number of rotatable bonds is 6. The number of amides is 1. The van der Waals surface area contributed by atoms with Crippen LogP contribution in [0.5, 0.6) is 0 Å². The second kappa shape index (κ2) is 15.3. The monoisotopic (exact) mass is 400 g/mol. The number of hydrogen-bond acceptors (Lipinski definition) is 5. The molecule has 2 N–H and O–H groups in total. The first-order chi connectivity index (χ1) is 13.3. The first-order valence-electron chi connectivity index (χ1n) is 10.7. The van der Waals surface area contributed by atoms with E-state index in [0.29, 0.717) is 25.5 Å². The summed E-state index contributed by atoms with van der Waals surface area (Å²) in [6.07, 6.45) is 7.66. The summed E-state index contributed by atoms with van der Waals surface area (Å²) in [5, 5.41) is 11.9. The van der Waals surface area contributed by atoms with Crippen molar-refractivity contribution in [3.05, 3.63) is 0 Å². The Bertz CT molecular complexity index is 468. The molecule has 7 heteroatoms. The lowest BCUT2D eigenvalue weighted by Gasteiger charge is -2.32. The number of unbranched alkanes of at least 4 members (excludes halogenated alkanes) is 1. The SMILES string of the molecule is CC(=O)N1[C@H](C(=O)O)C[C@@H]2CCCC[C@@H]21.CCCC.CCNCC(=O)OCC. The first kappa shape index (κ1) is 26.4. The Morgan fingerprint density at radius 3 is 2.14 bits per heavy atom. The van der Waals surface area contributed by atoms with Crippen molar-refractivity contribution in [2.45, 2.75) is 91.6 Å². The smallest absolute Gasteiger partial charge is 0.326 e. The van der Waals surface area contributed by atoms with Crippen LogP contribution in [-0.2, 0) is 19.1 Å². The maximum atomic E-state index is 11.5. The molecule has 7 nitrogen and oxygen atoms in total. The number of carboxylic acid groups (broad SMARTS) is 1. The Morgan fingerprint density at radius 1 is 1.07 bits per heavy atom. The van der Waals surface area contributed by atoms with E-state index in [1.807, 2.05) is 6.92 Å². The Labute approximate surface area is 170 Å². The number of likely N-dealkylation sites (N-methyl/N-ethyl adjacent to an activating group) is 1. The average molecular weight is 401 g/mol. The van der Waals surface area contributed by atoms with Gasteiger partial charge in [0.05, 0.1) is 13.2 Å². The van der Waals surface area contributed by atoms with Crippen molar-refractivity contribution in [2.24, 2.45) is 5.92 Å². The highest BCUT2D eigenvalue weighted by molar-refractivity contribution is 5.83. The van der Waals surface area contributed by atoms with E-state index in [-0.39, 0.29) is 17.9 Å². The zero-order valence-electron chi connectivity index (χ0n) is 18.3. The van der Waals surface area contributed by atoms with Crippen molar-refractivity contribution in [1.82, 2.24) is 10.2 Å². The van der Waals surface area contributed by atoms with Gasteiger partial charge in [0.2, 0.25) is 5.91 Å². The van der Waals surface area contributed by atoms with E-state index in [1.54, 1.807) is 11.8 Å². The summed E-state index contributed by atoms with van der Waals surface area (Å²) in [5.41, 5.74) is 0. The predicted octanol–water partition coefficient (Wildman–Crippen LogP) is 3.22. The molecule has 3 atom stereocenters. The minimum Gasteiger partial charge on any atom is -0.480 e. The number of nitrogens with one attached hydrogen (secondary N) is 1. The van der Waals surface area contributed by atoms with E-state index >= 15 is 0 Å². The van der Waals surface area contributed by atoms with E-state index in [0.717, 1.165) is 25.8 Å². The van der Waals surface area contributed by atoms with Crippen molar-refractivity contribution in [1.29, 1.82) is 0 Å². The van der Waals surface area contributed by atoms with Crippen LogP contribution in [0.25, 0.3) is 0 Å². The first-order valence-corrected chi connectivity index (χ1v) is 10.7. The molecule has 0 unspecified atom stereocenters. The molecule has 28 heavy (non-hydrogen) atoms. The van der Waals surface area contributed by atoms with E-state index in [1.165, 1.54) is 26.2 Å². The van der Waals surface area contributed by atoms with Crippen molar-refractivity contribution < 1.29 is 24.2 Å². The van der Waals surface area contributed by atoms with Crippen LogP contribution in [0.1, 0.15) is 79.6 Å². The van der Waals surface area contributed by atoms with Gasteiger partial charge in [0.25, 0.3) is 0 Å². The molecule has 1 aliphatic carbocycles. The van der Waals surface area contributed by atoms with E-state index in [9.17, 15) is 14.4 Å². The van der Waals surface area contributed by atoms with Crippen LogP contribution >= 0.6 is 0 Å². The topological polar surface area (TPSA) is 95.9 Å². The van der Waals surface area contributed by atoms with Gasteiger partial charge in [-0.3, -0.25) is 9.59 Å². The number of carbonyl (C=O) groups is 3. The third kappa shape index (κ3) is 9.53. The third-order valence-corrected chi connectivity index (χ3v) is 5.06. The highest BCUT2D eigenvalue weighted by Crippen LogP contribution is 2.39. The summed E-state index contributed by atoms with van der Waals surface area (Å²) in [5.74, 6) is -0.695. The number of esters is 1. The van der Waals surface area contributed by atoms with Crippen molar-refractivity contribution in [3.8, 4) is 0 Å². The Morgan fingerprint density at radius 2 is 1.68 bits per heavy atom. The number of nitrogens with zero attached hydrogens (tertiary/aromatic N) is 1. The molecular weight excluding hydrogens is 360 g/mol. The fourth-order valence-electron chi connectivity index (χ4n) is 3.57. The Hall–Kier alpha value is -1.63. The number of hydrogen-bond donors (Lipinski definition) is 2. The number of carbonyl (C=O) groups excluding carboxylic acids is 2. The molecule has 0 bridgehead atoms. The normalized spacial score (nSPS) is 22.8. The van der Waals surface area contributed by atoms with Gasteiger partial charge in [0.1, 0.15) is 6.04 Å². The highest BCUT2D eigenvalue weighted by Gasteiger charge is 2.46. The van der Waals surface area contributed by atoms with Crippen LogP contribution < -0.4 is 5.32 Å². The number of ether oxygens (including phenoxy) is 1. The molecule has 2 fully saturated rings. The van der Waals surface area contributed by atoms with Crippen molar-refractivity contribution in [3.63, 3.8) is 0 Å². The summed E-state index contributed by atoms with van der Waals surface area (Å²) in [6.45, 7) is 11.2. The molecule has 164 valence electrons. The lowest BCUT2D eigenvalue weighted by Crippen LogP contribution is -2.45. The predicted molar refractivity (Wildman–Crippen MR) is 110 cm³/mol. The number of fused-ring (bicyclic) bond motifs is 1. The second-order valence-electron chi connectivity index (χ2n) is 7.21. The Balaban J connectivity index is 0.000000480. The van der Waals surface area contributed by atoms with E-state index in [4.69, 9.17) is 5.11 Å². The minimum absolute atomic E-state index is 0.0863. The third-order valence-electron chi connectivity index (χ3n) is 5.06. The van der Waals surface area contributed by atoms with Crippen LogP contribution in [-0.4, -0.2) is 59.6 Å². The molecule has 2 aliphatic rings. The molecule has 1 heterocycles. The summed E-state index contributed by atoms with van der Waals surface area (Å²) in [7, 11) is 0. The minimum atomic E-state index is -0.848. The molecule has 0 radical (unpaired) electrons. The molecule has 1 saturated carbocycles. The van der Waals surface area contributed by atoms with E-state index < -0.39 is 12.0 Å². The van der Waals surface area contributed by atoms with Crippen LogP contribution in [0.4, 0.5) is 0 Å². The summed E-state index contributed by atoms with van der Waals surface area (Å²) in [6, 6.07) is -0.382. The molecule has 1 amide bonds. The quantitative estimate of drug-likeness (QED) is 0.665. The average Bonchev–Trinajstić information content (AvgIpc) is 3.07. The summed E-state index contributed by atoms with van der Waals surface area (Å²) < 4.78 is 4.64. The van der Waals surface area contributed by atoms with Gasteiger partial charge in [-0.2, -0.15) is 0 Å². The maximum absolute atomic E-state index is 11.5.